The third-order valence-electron chi connectivity index (χ3n) is 3.27. The summed E-state index contributed by atoms with van der Waals surface area (Å²) < 4.78 is 25.6. The van der Waals surface area contributed by atoms with Crippen molar-refractivity contribution in [1.29, 1.82) is 0 Å². The van der Waals surface area contributed by atoms with Crippen molar-refractivity contribution in [1.82, 2.24) is 0 Å². The molecule has 2 atom stereocenters. The summed E-state index contributed by atoms with van der Waals surface area (Å²) in [6.45, 7) is 2.65. The van der Waals surface area contributed by atoms with Gasteiger partial charge in [-0.25, -0.2) is 8.78 Å². The van der Waals surface area contributed by atoms with Crippen LogP contribution < -0.4 is 5.73 Å². The molecule has 0 heterocycles. The molecule has 1 aliphatic carbocycles. The molecule has 2 unspecified atom stereocenters. The third-order valence-corrected chi connectivity index (χ3v) is 3.27. The molecule has 2 N–H and O–H groups in total. The fourth-order valence-corrected chi connectivity index (χ4v) is 2.00. The van der Waals surface area contributed by atoms with Crippen LogP contribution in [0.4, 0.5) is 8.78 Å². The first-order valence-electron chi connectivity index (χ1n) is 4.73. The Balaban J connectivity index is 2.31. The zero-order valence-corrected chi connectivity index (χ0v) is 8.06. The maximum absolute atomic E-state index is 13.0. The number of halogens is 2. The Labute approximate surface area is 81.9 Å². The summed E-state index contributed by atoms with van der Waals surface area (Å²) in [5, 5.41) is 0. The van der Waals surface area contributed by atoms with Crippen molar-refractivity contribution in [3.05, 3.63) is 35.4 Å². The molecule has 1 aliphatic rings. The van der Waals surface area contributed by atoms with Crippen molar-refractivity contribution in [2.24, 2.45) is 11.7 Å². The van der Waals surface area contributed by atoms with Crippen molar-refractivity contribution in [3.63, 3.8) is 0 Å². The molecule has 14 heavy (non-hydrogen) atoms. The van der Waals surface area contributed by atoms with Gasteiger partial charge in [0.05, 0.1) is 0 Å². The van der Waals surface area contributed by atoms with Gasteiger partial charge in [0.2, 0.25) is 0 Å². The first-order valence-corrected chi connectivity index (χ1v) is 4.73. The molecule has 1 nitrogen and oxygen atoms in total. The van der Waals surface area contributed by atoms with E-state index in [0.717, 1.165) is 12.0 Å². The van der Waals surface area contributed by atoms with Crippen LogP contribution in [-0.2, 0) is 5.41 Å². The van der Waals surface area contributed by atoms with E-state index in [-0.39, 0.29) is 5.41 Å². The van der Waals surface area contributed by atoms with E-state index in [4.69, 9.17) is 5.73 Å². The van der Waals surface area contributed by atoms with E-state index in [1.807, 2.05) is 6.92 Å². The van der Waals surface area contributed by atoms with Crippen molar-refractivity contribution in [3.8, 4) is 0 Å². The molecule has 2 rings (SSSR count). The van der Waals surface area contributed by atoms with Crippen molar-refractivity contribution < 1.29 is 8.78 Å². The Hall–Kier alpha value is -0.960. The summed E-state index contributed by atoms with van der Waals surface area (Å²) in [5.74, 6) is -1.15. The van der Waals surface area contributed by atoms with Gasteiger partial charge >= 0.3 is 0 Å². The lowest BCUT2D eigenvalue weighted by atomic mass is 9.95. The molecular weight excluding hydrogens is 184 g/mol. The summed E-state index contributed by atoms with van der Waals surface area (Å²) in [7, 11) is 0. The monoisotopic (exact) mass is 197 g/mol. The van der Waals surface area contributed by atoms with Crippen LogP contribution in [0.5, 0.6) is 0 Å². The Bertz CT molecular complexity index is 364. The standard InChI is InChI=1S/C11H13F2N/c1-11(5-8(11)6-14)7-2-3-9(12)10(13)4-7/h2-4,8H,5-6,14H2,1H3. The van der Waals surface area contributed by atoms with Crippen LogP contribution in [0.15, 0.2) is 18.2 Å². The van der Waals surface area contributed by atoms with Gasteiger partial charge in [-0.2, -0.15) is 0 Å². The summed E-state index contributed by atoms with van der Waals surface area (Å²) in [6.07, 6.45) is 0.967. The summed E-state index contributed by atoms with van der Waals surface area (Å²) in [4.78, 5) is 0. The first kappa shape index (κ1) is 9.59. The Kier molecular flexibility index (Phi) is 2.07. The number of rotatable bonds is 2. The van der Waals surface area contributed by atoms with Crippen LogP contribution in [0.2, 0.25) is 0 Å². The first-order chi connectivity index (χ1) is 6.58. The van der Waals surface area contributed by atoms with Gasteiger partial charge in [0.1, 0.15) is 0 Å². The average Bonchev–Trinajstić information content (AvgIpc) is 2.83. The highest BCUT2D eigenvalue weighted by Gasteiger charge is 2.50. The summed E-state index contributed by atoms with van der Waals surface area (Å²) in [6, 6.07) is 4.11. The molecule has 76 valence electrons. The molecule has 1 aromatic carbocycles. The van der Waals surface area contributed by atoms with Gasteiger partial charge in [-0.15, -0.1) is 0 Å². The molecule has 0 aromatic heterocycles. The van der Waals surface area contributed by atoms with Gasteiger partial charge in [0.25, 0.3) is 0 Å². The lowest BCUT2D eigenvalue weighted by Gasteiger charge is -2.11. The van der Waals surface area contributed by atoms with E-state index in [1.54, 1.807) is 6.07 Å². The predicted octanol–water partition coefficient (Wildman–Crippen LogP) is 2.20. The van der Waals surface area contributed by atoms with Gasteiger partial charge in [-0.3, -0.25) is 0 Å². The van der Waals surface area contributed by atoms with Gasteiger partial charge in [0, 0.05) is 0 Å². The minimum absolute atomic E-state index is 0.0384. The van der Waals surface area contributed by atoms with Gasteiger partial charge in [-0.05, 0) is 42.0 Å². The Morgan fingerprint density at radius 2 is 2.14 bits per heavy atom. The maximum atomic E-state index is 13.0. The molecule has 1 fully saturated rings. The zero-order valence-electron chi connectivity index (χ0n) is 8.06. The van der Waals surface area contributed by atoms with Crippen molar-refractivity contribution >= 4 is 0 Å². The smallest absolute Gasteiger partial charge is 0.159 e. The quantitative estimate of drug-likeness (QED) is 0.772. The minimum atomic E-state index is -0.790. The fraction of sp³-hybridized carbons (Fsp3) is 0.455. The van der Waals surface area contributed by atoms with E-state index in [0.29, 0.717) is 12.5 Å². The average molecular weight is 197 g/mol. The minimum Gasteiger partial charge on any atom is -0.330 e. The number of benzene rings is 1. The lowest BCUT2D eigenvalue weighted by Crippen LogP contribution is -2.12. The Morgan fingerprint density at radius 1 is 1.43 bits per heavy atom. The maximum Gasteiger partial charge on any atom is 0.159 e. The van der Waals surface area contributed by atoms with E-state index in [1.165, 1.54) is 12.1 Å². The molecule has 1 aromatic rings. The lowest BCUT2D eigenvalue weighted by molar-refractivity contribution is 0.504. The zero-order chi connectivity index (χ0) is 10.3. The second-order valence-electron chi connectivity index (χ2n) is 4.18. The number of nitrogens with two attached hydrogens (primary N) is 1. The van der Waals surface area contributed by atoms with Gasteiger partial charge < -0.3 is 5.73 Å². The van der Waals surface area contributed by atoms with Crippen LogP contribution in [0, 0.1) is 17.6 Å². The normalized spacial score (nSPS) is 30.4. The highest BCUT2D eigenvalue weighted by atomic mass is 19.2. The highest BCUT2D eigenvalue weighted by molar-refractivity contribution is 5.33. The van der Waals surface area contributed by atoms with Crippen molar-refractivity contribution in [2.75, 3.05) is 6.54 Å². The van der Waals surface area contributed by atoms with Crippen molar-refractivity contribution in [2.45, 2.75) is 18.8 Å². The largest absolute Gasteiger partial charge is 0.330 e. The highest BCUT2D eigenvalue weighted by Crippen LogP contribution is 2.53. The Morgan fingerprint density at radius 3 is 2.64 bits per heavy atom. The molecule has 0 radical (unpaired) electrons. The molecule has 3 heteroatoms. The van der Waals surface area contributed by atoms with Gasteiger partial charge in [-0.1, -0.05) is 13.0 Å². The van der Waals surface area contributed by atoms with Crippen LogP contribution in [-0.4, -0.2) is 6.54 Å². The van der Waals surface area contributed by atoms with Crippen LogP contribution >= 0.6 is 0 Å². The van der Waals surface area contributed by atoms with E-state index >= 15 is 0 Å². The summed E-state index contributed by atoms with van der Waals surface area (Å²) in [5.41, 5.74) is 6.36. The van der Waals surface area contributed by atoms with Gasteiger partial charge in [0.15, 0.2) is 11.6 Å². The van der Waals surface area contributed by atoms with Crippen LogP contribution in [0.25, 0.3) is 0 Å². The molecule has 0 aliphatic heterocycles. The third kappa shape index (κ3) is 1.32. The molecule has 0 amide bonds. The molecular formula is C11H13F2N. The number of hydrogen-bond donors (Lipinski definition) is 1. The number of hydrogen-bond acceptors (Lipinski definition) is 1. The topological polar surface area (TPSA) is 26.0 Å². The second-order valence-corrected chi connectivity index (χ2v) is 4.18. The van der Waals surface area contributed by atoms with Crippen LogP contribution in [0.1, 0.15) is 18.9 Å². The molecule has 0 saturated heterocycles. The molecule has 1 saturated carbocycles. The predicted molar refractivity (Wildman–Crippen MR) is 50.9 cm³/mol. The summed E-state index contributed by atoms with van der Waals surface area (Å²) >= 11 is 0. The molecule has 0 spiro atoms. The fourth-order valence-electron chi connectivity index (χ4n) is 2.00. The SMILES string of the molecule is CC1(c2ccc(F)c(F)c2)CC1CN. The molecule has 0 bridgehead atoms. The second kappa shape index (κ2) is 3.02. The van der Waals surface area contributed by atoms with E-state index in [9.17, 15) is 8.78 Å². The van der Waals surface area contributed by atoms with E-state index < -0.39 is 11.6 Å². The van der Waals surface area contributed by atoms with Crippen LogP contribution in [0.3, 0.4) is 0 Å². The van der Waals surface area contributed by atoms with E-state index in [2.05, 4.69) is 0 Å².